The zero-order valence-electron chi connectivity index (χ0n) is 15.9. The summed E-state index contributed by atoms with van der Waals surface area (Å²) in [6, 6.07) is 3.88. The normalized spacial score (nSPS) is 18.6. The van der Waals surface area contributed by atoms with Crippen LogP contribution in [0.4, 0.5) is 5.82 Å². The van der Waals surface area contributed by atoms with Crippen LogP contribution in [0.3, 0.4) is 0 Å². The Labute approximate surface area is 160 Å². The summed E-state index contributed by atoms with van der Waals surface area (Å²) < 4.78 is 2.18. The monoisotopic (exact) mass is 368 g/mol. The van der Waals surface area contributed by atoms with Crippen molar-refractivity contribution in [1.82, 2.24) is 25.1 Å². The van der Waals surface area contributed by atoms with Gasteiger partial charge >= 0.3 is 0 Å². The summed E-state index contributed by atoms with van der Waals surface area (Å²) in [7, 11) is 0. The minimum atomic E-state index is -0.184. The number of nitrogens with zero attached hydrogens (tertiary/aromatic N) is 4. The molecule has 0 spiro atoms. The zero-order chi connectivity index (χ0) is 18.6. The second-order valence-corrected chi connectivity index (χ2v) is 7.69. The van der Waals surface area contributed by atoms with Crippen molar-refractivity contribution in [3.05, 3.63) is 35.5 Å². The summed E-state index contributed by atoms with van der Waals surface area (Å²) in [6.07, 6.45) is 11.0. The molecule has 1 unspecified atom stereocenters. The van der Waals surface area contributed by atoms with Gasteiger partial charge in [0.15, 0.2) is 5.82 Å². The highest BCUT2D eigenvalue weighted by Gasteiger charge is 2.21. The molecule has 3 heterocycles. The van der Waals surface area contributed by atoms with Gasteiger partial charge in [-0.2, -0.15) is 0 Å². The molecule has 27 heavy (non-hydrogen) atoms. The molecule has 2 aromatic heterocycles. The van der Waals surface area contributed by atoms with Crippen LogP contribution in [0, 0.1) is 0 Å². The number of carbonyl (C=O) groups excluding carboxylic acids is 1. The lowest BCUT2D eigenvalue weighted by molar-refractivity contribution is 0.0937. The molecule has 2 aromatic rings. The number of nitrogens with one attached hydrogen (secondary N) is 2. The third-order valence-corrected chi connectivity index (χ3v) is 5.60. The summed E-state index contributed by atoms with van der Waals surface area (Å²) in [5.74, 6) is 2.55. The van der Waals surface area contributed by atoms with Crippen molar-refractivity contribution in [2.24, 2.45) is 0 Å². The van der Waals surface area contributed by atoms with Crippen LogP contribution >= 0.6 is 0 Å². The van der Waals surface area contributed by atoms with Crippen LogP contribution < -0.4 is 10.6 Å². The number of pyridine rings is 1. The molecule has 0 saturated heterocycles. The van der Waals surface area contributed by atoms with E-state index in [9.17, 15) is 4.79 Å². The Hall–Kier alpha value is -2.44. The first-order valence-corrected chi connectivity index (χ1v) is 10.2. The molecule has 0 radical (unpaired) electrons. The van der Waals surface area contributed by atoms with Crippen molar-refractivity contribution in [3.8, 4) is 0 Å². The molecule has 1 aliphatic carbocycles. The average molecular weight is 368 g/mol. The lowest BCUT2D eigenvalue weighted by atomic mass is 10.2. The number of aromatic nitrogens is 4. The van der Waals surface area contributed by atoms with E-state index in [1.807, 2.05) is 13.0 Å². The first-order valence-electron chi connectivity index (χ1n) is 10.2. The molecular formula is C20H28N6O. The smallest absolute Gasteiger partial charge is 0.252 e. The number of anilines is 1. The van der Waals surface area contributed by atoms with E-state index < -0.39 is 0 Å². The fraction of sp³-hybridized carbons (Fsp3) is 0.600. The Balaban J connectivity index is 1.43. The Bertz CT molecular complexity index is 796. The van der Waals surface area contributed by atoms with E-state index in [1.54, 1.807) is 12.3 Å². The molecule has 0 aromatic carbocycles. The number of fused-ring (bicyclic) bond motifs is 1. The van der Waals surface area contributed by atoms with E-state index in [0.29, 0.717) is 11.6 Å². The van der Waals surface area contributed by atoms with Crippen molar-refractivity contribution in [2.75, 3.05) is 5.32 Å². The summed E-state index contributed by atoms with van der Waals surface area (Å²) >= 11 is 0. The molecule has 1 fully saturated rings. The van der Waals surface area contributed by atoms with Gasteiger partial charge in [0.2, 0.25) is 0 Å². The predicted octanol–water partition coefficient (Wildman–Crippen LogP) is 3.25. The number of hydrogen-bond acceptors (Lipinski definition) is 5. The first kappa shape index (κ1) is 17.9. The van der Waals surface area contributed by atoms with Gasteiger partial charge in [-0.3, -0.25) is 4.79 Å². The Morgan fingerprint density at radius 1 is 1.19 bits per heavy atom. The fourth-order valence-electron chi connectivity index (χ4n) is 4.10. The van der Waals surface area contributed by atoms with E-state index in [0.717, 1.165) is 43.3 Å². The van der Waals surface area contributed by atoms with Crippen LogP contribution in [-0.4, -0.2) is 31.7 Å². The number of carbonyl (C=O) groups is 1. The summed E-state index contributed by atoms with van der Waals surface area (Å²) in [5, 5.41) is 15.2. The van der Waals surface area contributed by atoms with Gasteiger partial charge in [0.05, 0.1) is 6.04 Å². The van der Waals surface area contributed by atoms with Crippen LogP contribution in [0.2, 0.25) is 0 Å². The highest BCUT2D eigenvalue weighted by atomic mass is 16.1. The van der Waals surface area contributed by atoms with Gasteiger partial charge in [0.1, 0.15) is 11.6 Å². The second-order valence-electron chi connectivity index (χ2n) is 7.69. The topological polar surface area (TPSA) is 84.7 Å². The van der Waals surface area contributed by atoms with Gasteiger partial charge in [0, 0.05) is 30.8 Å². The lowest BCUT2D eigenvalue weighted by Gasteiger charge is -2.16. The summed E-state index contributed by atoms with van der Waals surface area (Å²) in [4.78, 5) is 17.1. The van der Waals surface area contributed by atoms with Crippen molar-refractivity contribution in [1.29, 1.82) is 0 Å². The maximum absolute atomic E-state index is 12.8. The number of amides is 1. The predicted molar refractivity (Wildman–Crippen MR) is 104 cm³/mol. The van der Waals surface area contributed by atoms with E-state index >= 15 is 0 Å². The van der Waals surface area contributed by atoms with E-state index in [2.05, 4.69) is 30.4 Å². The number of aryl methyl sites for hydroxylation is 1. The van der Waals surface area contributed by atoms with Gasteiger partial charge in [0.25, 0.3) is 5.91 Å². The van der Waals surface area contributed by atoms with Crippen LogP contribution in [0.25, 0.3) is 0 Å². The van der Waals surface area contributed by atoms with Crippen LogP contribution in [-0.2, 0) is 13.0 Å². The van der Waals surface area contributed by atoms with Crippen molar-refractivity contribution in [3.63, 3.8) is 0 Å². The van der Waals surface area contributed by atoms with Gasteiger partial charge in [-0.25, -0.2) is 4.98 Å². The Kier molecular flexibility index (Phi) is 5.36. The maximum Gasteiger partial charge on any atom is 0.252 e. The van der Waals surface area contributed by atoms with Crippen molar-refractivity contribution >= 4 is 11.7 Å². The van der Waals surface area contributed by atoms with Crippen LogP contribution in [0.1, 0.15) is 79.9 Å². The fourth-order valence-corrected chi connectivity index (χ4v) is 4.10. The molecule has 1 saturated carbocycles. The number of hydrogen-bond donors (Lipinski definition) is 2. The first-order chi connectivity index (χ1) is 13.2. The van der Waals surface area contributed by atoms with E-state index in [4.69, 9.17) is 0 Å². The molecule has 7 heteroatoms. The maximum atomic E-state index is 12.8. The number of rotatable bonds is 5. The van der Waals surface area contributed by atoms with Gasteiger partial charge < -0.3 is 15.2 Å². The minimum Gasteiger partial charge on any atom is -0.367 e. The quantitative estimate of drug-likeness (QED) is 0.846. The lowest BCUT2D eigenvalue weighted by Crippen LogP contribution is -2.29. The van der Waals surface area contributed by atoms with Gasteiger partial charge in [-0.05, 0) is 44.7 Å². The molecule has 2 aliphatic rings. The standard InChI is InChI=1S/C20H28N6O/c1-14(19-25-24-18-9-3-2-6-12-26(18)19)22-20(27)15-10-11-21-17(13-15)23-16-7-4-5-8-16/h10-11,13-14,16H,2-9,12H2,1H3,(H,21,23)(H,22,27). The van der Waals surface area contributed by atoms with Gasteiger partial charge in [-0.1, -0.05) is 19.3 Å². The molecule has 1 amide bonds. The summed E-state index contributed by atoms with van der Waals surface area (Å²) in [5.41, 5.74) is 0.618. The molecular weight excluding hydrogens is 340 g/mol. The SMILES string of the molecule is CC(NC(=O)c1ccnc(NC2CCCC2)c1)c1nnc2n1CCCCC2. The summed E-state index contributed by atoms with van der Waals surface area (Å²) in [6.45, 7) is 2.90. The molecule has 144 valence electrons. The van der Waals surface area contributed by atoms with Crippen molar-refractivity contribution < 1.29 is 4.79 Å². The van der Waals surface area contributed by atoms with Crippen LogP contribution in [0.15, 0.2) is 18.3 Å². The van der Waals surface area contributed by atoms with Crippen LogP contribution in [0.5, 0.6) is 0 Å². The molecule has 1 aliphatic heterocycles. The molecule has 4 rings (SSSR count). The van der Waals surface area contributed by atoms with E-state index in [1.165, 1.54) is 32.1 Å². The highest BCUT2D eigenvalue weighted by molar-refractivity contribution is 5.95. The minimum absolute atomic E-state index is 0.106. The molecule has 1 atom stereocenters. The zero-order valence-corrected chi connectivity index (χ0v) is 15.9. The van der Waals surface area contributed by atoms with E-state index in [-0.39, 0.29) is 11.9 Å². The third kappa shape index (κ3) is 4.12. The largest absolute Gasteiger partial charge is 0.367 e. The third-order valence-electron chi connectivity index (χ3n) is 5.60. The second kappa shape index (κ2) is 8.06. The highest BCUT2D eigenvalue weighted by Crippen LogP contribution is 2.22. The Morgan fingerprint density at radius 3 is 2.89 bits per heavy atom. The van der Waals surface area contributed by atoms with Gasteiger partial charge in [-0.15, -0.1) is 10.2 Å². The molecule has 0 bridgehead atoms. The molecule has 2 N–H and O–H groups in total. The molecule has 7 nitrogen and oxygen atoms in total. The Morgan fingerprint density at radius 2 is 2.04 bits per heavy atom. The van der Waals surface area contributed by atoms with Crippen molar-refractivity contribution in [2.45, 2.75) is 76.9 Å². The average Bonchev–Trinajstić information content (AvgIpc) is 3.26.